The fourth-order valence-corrected chi connectivity index (χ4v) is 3.55. The molecule has 2 amide bonds. The summed E-state index contributed by atoms with van der Waals surface area (Å²) in [5.41, 5.74) is 0. The lowest BCUT2D eigenvalue weighted by molar-refractivity contribution is -0.145. The van der Waals surface area contributed by atoms with E-state index in [9.17, 15) is 34.1 Å². The topological polar surface area (TPSA) is 153 Å². The molecule has 1 aliphatic heterocycles. The fraction of sp³-hybridized carbons (Fsp3) is 0.400. The number of nitrogens with zero attached hydrogens (tertiary/aromatic N) is 4. The van der Waals surface area contributed by atoms with E-state index in [2.05, 4.69) is 0 Å². The number of carbonyl (C=O) groups is 3. The maximum absolute atomic E-state index is 12.6. The van der Waals surface area contributed by atoms with Gasteiger partial charge in [-0.05, 0) is 14.1 Å². The Bertz CT molecular complexity index is 814. The minimum Gasteiger partial charge on any atom is -0.492 e. The summed E-state index contributed by atoms with van der Waals surface area (Å²) in [6, 6.07) is 2.24. The molecule has 0 aliphatic carbocycles. The Morgan fingerprint density at radius 3 is 2.11 bits per heavy atom. The molecule has 0 bridgehead atoms. The Balaban J connectivity index is 1.84. The van der Waals surface area contributed by atoms with Gasteiger partial charge in [0.2, 0.25) is 11.8 Å². The fourth-order valence-electron chi connectivity index (χ4n) is 2.31. The zero-order chi connectivity index (χ0) is 21.1. The van der Waals surface area contributed by atoms with Crippen LogP contribution in [-0.4, -0.2) is 85.6 Å². The second-order valence-corrected chi connectivity index (χ2v) is 8.39. The van der Waals surface area contributed by atoms with Gasteiger partial charge in [0.15, 0.2) is 0 Å². The van der Waals surface area contributed by atoms with Crippen LogP contribution in [0.2, 0.25) is 0 Å². The van der Waals surface area contributed by atoms with E-state index in [1.54, 1.807) is 0 Å². The quantitative estimate of drug-likeness (QED) is 0.342. The number of rotatable bonds is 9. The minimum absolute atomic E-state index is 0.0488. The lowest BCUT2D eigenvalue weighted by Gasteiger charge is -2.30. The molecule has 1 aliphatic rings. The lowest BCUT2D eigenvalue weighted by Crippen LogP contribution is -2.38. The highest BCUT2D eigenvalue weighted by Gasteiger charge is 2.32. The summed E-state index contributed by atoms with van der Waals surface area (Å²) < 4.78 is 15.2. The van der Waals surface area contributed by atoms with Crippen molar-refractivity contribution in [2.75, 3.05) is 33.7 Å². The summed E-state index contributed by atoms with van der Waals surface area (Å²) in [6.45, 7) is -0.274. The van der Waals surface area contributed by atoms with Gasteiger partial charge in [0.1, 0.15) is 0 Å². The van der Waals surface area contributed by atoms with Crippen molar-refractivity contribution in [2.24, 2.45) is 0 Å². The van der Waals surface area contributed by atoms with Gasteiger partial charge < -0.3 is 19.9 Å². The summed E-state index contributed by atoms with van der Waals surface area (Å²) in [5.74, 6) is -2.78. The van der Waals surface area contributed by atoms with Gasteiger partial charge in [-0.15, -0.1) is 4.73 Å². The molecule has 0 radical (unpaired) electrons. The number of imide groups is 1. The summed E-state index contributed by atoms with van der Waals surface area (Å²) >= 11 is 0. The Labute approximate surface area is 160 Å². The van der Waals surface area contributed by atoms with E-state index < -0.39 is 37.2 Å². The molecule has 1 aromatic rings. The average Bonchev–Trinajstić information content (AvgIpc) is 3.13. The molecule has 1 unspecified atom stereocenters. The summed E-state index contributed by atoms with van der Waals surface area (Å²) in [5, 5.41) is 18.8. The monoisotopic (exact) mass is 416 g/mol. The maximum atomic E-state index is 12.6. The molecule has 1 atom stereocenters. The third-order valence-corrected chi connectivity index (χ3v) is 6.25. The molecule has 0 saturated carbocycles. The van der Waals surface area contributed by atoms with Crippen molar-refractivity contribution in [1.29, 1.82) is 0 Å². The Morgan fingerprint density at radius 1 is 1.07 bits per heavy atom. The Hall–Kier alpha value is -2.66. The SMILES string of the molecule is CN(CCC(=O)On1c(O)ccc1O)P(=O)(O)N(C)CCN1C(=O)C=CC1=O. The third kappa shape index (κ3) is 4.78. The molecular formula is C15H21N4O8P. The number of aromatic hydroxyl groups is 2. The molecule has 1 aromatic heterocycles. The van der Waals surface area contributed by atoms with E-state index in [0.29, 0.717) is 4.73 Å². The van der Waals surface area contributed by atoms with Crippen LogP contribution in [0.5, 0.6) is 11.8 Å². The Morgan fingerprint density at radius 2 is 1.57 bits per heavy atom. The first-order valence-electron chi connectivity index (χ1n) is 8.14. The highest BCUT2D eigenvalue weighted by atomic mass is 31.2. The first-order chi connectivity index (χ1) is 13.0. The zero-order valence-electron chi connectivity index (χ0n) is 15.3. The van der Waals surface area contributed by atoms with Gasteiger partial charge in [-0.3, -0.25) is 19.1 Å². The number of likely N-dealkylation sites (N-methyl/N-ethyl adjacent to an activating group) is 1. The molecule has 2 heterocycles. The third-order valence-electron chi connectivity index (χ3n) is 4.07. The van der Waals surface area contributed by atoms with Crippen LogP contribution in [0.15, 0.2) is 24.3 Å². The molecule has 3 N–H and O–H groups in total. The molecule has 2 rings (SSSR count). The number of carbonyl (C=O) groups excluding carboxylic acids is 3. The van der Waals surface area contributed by atoms with Crippen LogP contribution in [-0.2, 0) is 18.9 Å². The molecule has 28 heavy (non-hydrogen) atoms. The van der Waals surface area contributed by atoms with Crippen LogP contribution in [0.1, 0.15) is 6.42 Å². The van der Waals surface area contributed by atoms with Crippen molar-refractivity contribution >= 4 is 25.5 Å². The van der Waals surface area contributed by atoms with E-state index in [0.717, 1.165) is 38.5 Å². The highest BCUT2D eigenvalue weighted by molar-refractivity contribution is 7.52. The van der Waals surface area contributed by atoms with Crippen molar-refractivity contribution in [3.8, 4) is 11.8 Å². The summed E-state index contributed by atoms with van der Waals surface area (Å²) in [4.78, 5) is 50.8. The van der Waals surface area contributed by atoms with Gasteiger partial charge in [-0.2, -0.15) is 0 Å². The van der Waals surface area contributed by atoms with E-state index in [4.69, 9.17) is 4.84 Å². The predicted molar refractivity (Wildman–Crippen MR) is 94.9 cm³/mol. The van der Waals surface area contributed by atoms with Crippen molar-refractivity contribution in [3.05, 3.63) is 24.3 Å². The number of amides is 2. The van der Waals surface area contributed by atoms with Crippen LogP contribution in [0, 0.1) is 0 Å². The standard InChI is InChI=1S/C15H21N4O8P/c1-16(8-7-15(24)27-19-13(22)5-6-14(19)23)28(25,26)17(2)9-10-18-11(20)3-4-12(18)21/h3-6,22-23H,7-10H2,1-2H3,(H,25,26). The number of hydrogen-bond donors (Lipinski definition) is 3. The van der Waals surface area contributed by atoms with Crippen LogP contribution in [0.3, 0.4) is 0 Å². The number of hydrogen-bond acceptors (Lipinski definition) is 7. The number of aromatic nitrogens is 1. The van der Waals surface area contributed by atoms with Crippen molar-refractivity contribution in [1.82, 2.24) is 19.0 Å². The summed E-state index contributed by atoms with van der Waals surface area (Å²) in [7, 11) is -1.36. The zero-order valence-corrected chi connectivity index (χ0v) is 16.2. The lowest BCUT2D eigenvalue weighted by atomic mass is 10.4. The van der Waals surface area contributed by atoms with Gasteiger partial charge in [-0.1, -0.05) is 0 Å². The molecule has 154 valence electrons. The summed E-state index contributed by atoms with van der Waals surface area (Å²) in [6.07, 6.45) is 1.94. The molecule has 0 fully saturated rings. The predicted octanol–water partition coefficient (Wildman–Crippen LogP) is -0.866. The smallest absolute Gasteiger partial charge is 0.343 e. The van der Waals surface area contributed by atoms with Gasteiger partial charge in [0, 0.05) is 43.9 Å². The van der Waals surface area contributed by atoms with Gasteiger partial charge in [0.25, 0.3) is 11.8 Å². The van der Waals surface area contributed by atoms with E-state index in [1.165, 1.54) is 14.1 Å². The Kier molecular flexibility index (Phi) is 6.62. The molecule has 0 spiro atoms. The van der Waals surface area contributed by atoms with Gasteiger partial charge in [0.05, 0.1) is 6.42 Å². The van der Waals surface area contributed by atoms with Crippen LogP contribution in [0.25, 0.3) is 0 Å². The molecule has 13 heteroatoms. The largest absolute Gasteiger partial charge is 0.492 e. The van der Waals surface area contributed by atoms with Crippen LogP contribution in [0.4, 0.5) is 0 Å². The first kappa shape index (κ1) is 21.6. The normalized spacial score (nSPS) is 16.2. The van der Waals surface area contributed by atoms with E-state index in [1.807, 2.05) is 0 Å². The van der Waals surface area contributed by atoms with Gasteiger partial charge in [-0.25, -0.2) is 14.1 Å². The average molecular weight is 416 g/mol. The molecule has 12 nitrogen and oxygen atoms in total. The molecule has 0 aromatic carbocycles. The van der Waals surface area contributed by atoms with Crippen molar-refractivity contribution in [2.45, 2.75) is 6.42 Å². The molecule has 0 saturated heterocycles. The minimum atomic E-state index is -4.03. The van der Waals surface area contributed by atoms with Crippen LogP contribution < -0.4 is 4.84 Å². The van der Waals surface area contributed by atoms with E-state index >= 15 is 0 Å². The van der Waals surface area contributed by atoms with Crippen molar-refractivity contribution in [3.63, 3.8) is 0 Å². The highest BCUT2D eigenvalue weighted by Crippen LogP contribution is 2.46. The second-order valence-electron chi connectivity index (χ2n) is 5.99. The van der Waals surface area contributed by atoms with Crippen LogP contribution >= 0.6 is 7.67 Å². The second kappa shape index (κ2) is 8.57. The molecular weight excluding hydrogens is 395 g/mol. The van der Waals surface area contributed by atoms with E-state index in [-0.39, 0.29) is 26.1 Å². The van der Waals surface area contributed by atoms with Crippen molar-refractivity contribution < 1.29 is 38.9 Å². The first-order valence-corrected chi connectivity index (χ1v) is 9.71. The maximum Gasteiger partial charge on any atom is 0.343 e. The van der Waals surface area contributed by atoms with Gasteiger partial charge >= 0.3 is 13.6 Å².